The van der Waals surface area contributed by atoms with Gasteiger partial charge in [0.2, 0.25) is 10.0 Å². The molecule has 2 aromatic rings. The molecule has 0 spiro atoms. The molecule has 0 saturated heterocycles. The van der Waals surface area contributed by atoms with Gasteiger partial charge in [-0.1, -0.05) is 44.2 Å². The summed E-state index contributed by atoms with van der Waals surface area (Å²) in [5.41, 5.74) is 3.84. The Morgan fingerprint density at radius 1 is 1.04 bits per heavy atom. The molecule has 2 aromatic carbocycles. The highest BCUT2D eigenvalue weighted by Crippen LogP contribution is 2.32. The lowest BCUT2D eigenvalue weighted by atomic mass is 9.94. The Kier molecular flexibility index (Phi) is 6.25. The van der Waals surface area contributed by atoms with Gasteiger partial charge in [0, 0.05) is 6.04 Å². The molecule has 0 aliphatic heterocycles. The van der Waals surface area contributed by atoms with Gasteiger partial charge in [0.1, 0.15) is 5.75 Å². The maximum atomic E-state index is 12.5. The summed E-state index contributed by atoms with van der Waals surface area (Å²) in [6, 6.07) is 12.9. The number of hydrogen-bond donors (Lipinski definition) is 1. The monoisotopic (exact) mass is 361 g/mol. The summed E-state index contributed by atoms with van der Waals surface area (Å²) in [6.45, 7) is 8.05. The molecule has 25 heavy (non-hydrogen) atoms. The summed E-state index contributed by atoms with van der Waals surface area (Å²) in [5.74, 6) is 1.11. The third-order valence-electron chi connectivity index (χ3n) is 4.26. The second-order valence-corrected chi connectivity index (χ2v) is 8.44. The van der Waals surface area contributed by atoms with Gasteiger partial charge >= 0.3 is 0 Å². The van der Waals surface area contributed by atoms with E-state index >= 15 is 0 Å². The SMILES string of the molecule is COc1cc(C)c([C@@H](C)NS(=O)(=O)Cc2ccccc2)cc1C(C)C. The largest absolute Gasteiger partial charge is 0.496 e. The van der Waals surface area contributed by atoms with Crippen LogP contribution < -0.4 is 9.46 Å². The Hall–Kier alpha value is -1.85. The first-order valence-electron chi connectivity index (χ1n) is 8.46. The van der Waals surface area contributed by atoms with Crippen molar-refractivity contribution >= 4 is 10.0 Å². The van der Waals surface area contributed by atoms with E-state index in [1.165, 1.54) is 0 Å². The number of rotatable bonds is 7. The van der Waals surface area contributed by atoms with E-state index in [0.717, 1.165) is 28.0 Å². The second-order valence-electron chi connectivity index (χ2n) is 6.69. The lowest BCUT2D eigenvalue weighted by Gasteiger charge is -2.21. The Morgan fingerprint density at radius 3 is 2.24 bits per heavy atom. The molecule has 0 saturated carbocycles. The molecule has 2 rings (SSSR count). The summed E-state index contributed by atoms with van der Waals surface area (Å²) < 4.78 is 33.3. The maximum Gasteiger partial charge on any atom is 0.216 e. The Labute approximate surface area is 151 Å². The molecule has 0 bridgehead atoms. The van der Waals surface area contributed by atoms with Gasteiger partial charge in [-0.05, 0) is 54.2 Å². The highest BCUT2D eigenvalue weighted by atomic mass is 32.2. The third-order valence-corrected chi connectivity index (χ3v) is 5.69. The first kappa shape index (κ1) is 19.5. The normalized spacial score (nSPS) is 13.0. The topological polar surface area (TPSA) is 55.4 Å². The molecule has 4 nitrogen and oxygen atoms in total. The molecule has 5 heteroatoms. The van der Waals surface area contributed by atoms with Crippen LogP contribution in [-0.2, 0) is 15.8 Å². The Balaban J connectivity index is 2.25. The van der Waals surface area contributed by atoms with Gasteiger partial charge in [0.15, 0.2) is 0 Å². The number of methoxy groups -OCH3 is 1. The summed E-state index contributed by atoms with van der Waals surface area (Å²) in [6.07, 6.45) is 0. The highest BCUT2D eigenvalue weighted by molar-refractivity contribution is 7.88. The minimum absolute atomic E-state index is 0.0234. The van der Waals surface area contributed by atoms with Gasteiger partial charge in [-0.25, -0.2) is 13.1 Å². The summed E-state index contributed by atoms with van der Waals surface area (Å²) in [5, 5.41) is 0. The van der Waals surface area contributed by atoms with E-state index in [0.29, 0.717) is 5.92 Å². The smallest absolute Gasteiger partial charge is 0.216 e. The number of nitrogens with one attached hydrogen (secondary N) is 1. The fourth-order valence-electron chi connectivity index (χ4n) is 2.98. The third kappa shape index (κ3) is 5.06. The predicted octanol–water partition coefficient (Wildman–Crippen LogP) is 4.31. The number of benzene rings is 2. The zero-order chi connectivity index (χ0) is 18.6. The standard InChI is InChI=1S/C20H27NO3S/c1-14(2)18-12-19(15(3)11-20(18)24-5)16(4)21-25(22,23)13-17-9-7-6-8-10-17/h6-12,14,16,21H,13H2,1-5H3/t16-/m1/s1. The van der Waals surface area contributed by atoms with E-state index in [-0.39, 0.29) is 11.8 Å². The van der Waals surface area contributed by atoms with E-state index in [9.17, 15) is 8.42 Å². The van der Waals surface area contributed by atoms with E-state index in [4.69, 9.17) is 4.74 Å². The van der Waals surface area contributed by atoms with Crippen molar-refractivity contribution in [3.05, 3.63) is 64.7 Å². The van der Waals surface area contributed by atoms with Crippen LogP contribution in [0.5, 0.6) is 5.75 Å². The van der Waals surface area contributed by atoms with Crippen LogP contribution in [0.2, 0.25) is 0 Å². The number of ether oxygens (including phenoxy) is 1. The molecule has 1 N–H and O–H groups in total. The minimum Gasteiger partial charge on any atom is -0.496 e. The molecule has 0 unspecified atom stereocenters. The lowest BCUT2D eigenvalue weighted by Crippen LogP contribution is -2.28. The van der Waals surface area contributed by atoms with Crippen LogP contribution in [0, 0.1) is 6.92 Å². The average molecular weight is 362 g/mol. The molecular formula is C20H27NO3S. The van der Waals surface area contributed by atoms with Crippen LogP contribution in [-0.4, -0.2) is 15.5 Å². The Morgan fingerprint density at radius 2 is 1.68 bits per heavy atom. The summed E-state index contributed by atoms with van der Waals surface area (Å²) >= 11 is 0. The molecule has 0 radical (unpaired) electrons. The van der Waals surface area contributed by atoms with E-state index < -0.39 is 10.0 Å². The van der Waals surface area contributed by atoms with Gasteiger partial charge in [0.25, 0.3) is 0 Å². The van der Waals surface area contributed by atoms with Crippen molar-refractivity contribution in [1.82, 2.24) is 4.72 Å². The maximum absolute atomic E-state index is 12.5. The van der Waals surface area contributed by atoms with Gasteiger partial charge in [-0.2, -0.15) is 0 Å². The van der Waals surface area contributed by atoms with Gasteiger partial charge in [0.05, 0.1) is 12.9 Å². The molecule has 0 aromatic heterocycles. The zero-order valence-corrected chi connectivity index (χ0v) is 16.4. The van der Waals surface area contributed by atoms with Crippen LogP contribution in [0.1, 0.15) is 55.0 Å². The molecule has 0 fully saturated rings. The van der Waals surface area contributed by atoms with E-state index in [1.54, 1.807) is 7.11 Å². The fraction of sp³-hybridized carbons (Fsp3) is 0.400. The lowest BCUT2D eigenvalue weighted by molar-refractivity contribution is 0.406. The van der Waals surface area contributed by atoms with Crippen molar-refractivity contribution in [2.45, 2.75) is 45.4 Å². The average Bonchev–Trinajstić information content (AvgIpc) is 2.53. The molecule has 0 heterocycles. The van der Waals surface area contributed by atoms with Crippen molar-refractivity contribution in [2.24, 2.45) is 0 Å². The van der Waals surface area contributed by atoms with Gasteiger partial charge in [-0.15, -0.1) is 0 Å². The molecule has 1 atom stereocenters. The predicted molar refractivity (Wildman–Crippen MR) is 102 cm³/mol. The van der Waals surface area contributed by atoms with E-state index in [1.807, 2.05) is 50.2 Å². The van der Waals surface area contributed by atoms with Gasteiger partial charge < -0.3 is 4.74 Å². The first-order valence-corrected chi connectivity index (χ1v) is 10.1. The quantitative estimate of drug-likeness (QED) is 0.799. The second kappa shape index (κ2) is 8.02. The number of hydrogen-bond acceptors (Lipinski definition) is 3. The zero-order valence-electron chi connectivity index (χ0n) is 15.5. The molecule has 0 amide bonds. The van der Waals surface area contributed by atoms with Crippen molar-refractivity contribution in [2.75, 3.05) is 7.11 Å². The molecule has 0 aliphatic carbocycles. The van der Waals surface area contributed by atoms with Crippen molar-refractivity contribution < 1.29 is 13.2 Å². The van der Waals surface area contributed by atoms with Crippen molar-refractivity contribution in [3.8, 4) is 5.75 Å². The van der Waals surface area contributed by atoms with Crippen molar-refractivity contribution in [1.29, 1.82) is 0 Å². The van der Waals surface area contributed by atoms with Crippen LogP contribution in [0.3, 0.4) is 0 Å². The number of aryl methyl sites for hydroxylation is 1. The molecular weight excluding hydrogens is 334 g/mol. The van der Waals surface area contributed by atoms with Gasteiger partial charge in [-0.3, -0.25) is 0 Å². The van der Waals surface area contributed by atoms with E-state index in [2.05, 4.69) is 24.6 Å². The summed E-state index contributed by atoms with van der Waals surface area (Å²) in [4.78, 5) is 0. The molecule has 136 valence electrons. The van der Waals surface area contributed by atoms with Crippen molar-refractivity contribution in [3.63, 3.8) is 0 Å². The van der Waals surface area contributed by atoms with Crippen LogP contribution in [0.25, 0.3) is 0 Å². The van der Waals surface area contributed by atoms with Crippen LogP contribution in [0.15, 0.2) is 42.5 Å². The summed E-state index contributed by atoms with van der Waals surface area (Å²) in [7, 11) is -1.77. The fourth-order valence-corrected chi connectivity index (χ4v) is 4.36. The highest BCUT2D eigenvalue weighted by Gasteiger charge is 2.20. The Bertz CT molecular complexity index is 814. The first-order chi connectivity index (χ1) is 11.7. The number of sulfonamides is 1. The van der Waals surface area contributed by atoms with Crippen LogP contribution in [0.4, 0.5) is 0 Å². The molecule has 0 aliphatic rings. The van der Waals surface area contributed by atoms with Crippen LogP contribution >= 0.6 is 0 Å². The minimum atomic E-state index is -3.43.